The number of ether oxygens (including phenoxy) is 1. The Hall–Kier alpha value is -3.67. The summed E-state index contributed by atoms with van der Waals surface area (Å²) in [5.41, 5.74) is 5.41. The maximum Gasteiger partial charge on any atom is 0.338 e. The van der Waals surface area contributed by atoms with E-state index in [4.69, 9.17) is 4.74 Å². The first kappa shape index (κ1) is 20.1. The number of rotatable bonds is 6. The molecular formula is C23H23N3O3. The standard InChI is InChI=1S/C23H23N3O3/c1-4-29-23(28)17-5-7-19(8-6-17)26-22(27)18-12-21(14-24-13-18)25-20-10-15(2)9-16(3)11-20/h5-14,25H,4H2,1-3H3,(H,26,27). The average Bonchev–Trinajstić information content (AvgIpc) is 2.68. The number of hydrogen-bond donors (Lipinski definition) is 2. The predicted octanol–water partition coefficient (Wildman–Crippen LogP) is 4.87. The minimum absolute atomic E-state index is 0.287. The highest BCUT2D eigenvalue weighted by Gasteiger charge is 2.10. The number of amides is 1. The van der Waals surface area contributed by atoms with Gasteiger partial charge in [0.25, 0.3) is 5.91 Å². The normalized spacial score (nSPS) is 10.3. The second-order valence-corrected chi connectivity index (χ2v) is 6.72. The maximum atomic E-state index is 12.6. The molecule has 0 bridgehead atoms. The third kappa shape index (κ3) is 5.42. The van der Waals surface area contributed by atoms with E-state index in [1.54, 1.807) is 43.5 Å². The number of hydrogen-bond acceptors (Lipinski definition) is 5. The van der Waals surface area contributed by atoms with E-state index in [2.05, 4.69) is 21.7 Å². The van der Waals surface area contributed by atoms with Gasteiger partial charge < -0.3 is 15.4 Å². The zero-order chi connectivity index (χ0) is 20.8. The quantitative estimate of drug-likeness (QED) is 0.588. The van der Waals surface area contributed by atoms with E-state index in [0.717, 1.165) is 22.5 Å². The molecule has 0 aliphatic heterocycles. The monoisotopic (exact) mass is 389 g/mol. The van der Waals surface area contributed by atoms with Gasteiger partial charge in [-0.3, -0.25) is 9.78 Å². The van der Waals surface area contributed by atoms with Crippen molar-refractivity contribution in [2.24, 2.45) is 0 Å². The van der Waals surface area contributed by atoms with Crippen molar-refractivity contribution in [3.63, 3.8) is 0 Å². The number of aromatic nitrogens is 1. The first-order chi connectivity index (χ1) is 13.9. The molecule has 0 atom stereocenters. The highest BCUT2D eigenvalue weighted by molar-refractivity contribution is 6.04. The molecule has 1 aromatic heterocycles. The van der Waals surface area contributed by atoms with Crippen LogP contribution in [0.2, 0.25) is 0 Å². The van der Waals surface area contributed by atoms with Crippen molar-refractivity contribution in [2.75, 3.05) is 17.2 Å². The largest absolute Gasteiger partial charge is 0.462 e. The van der Waals surface area contributed by atoms with E-state index >= 15 is 0 Å². The highest BCUT2D eigenvalue weighted by atomic mass is 16.5. The highest BCUT2D eigenvalue weighted by Crippen LogP contribution is 2.20. The number of pyridine rings is 1. The summed E-state index contributed by atoms with van der Waals surface area (Å²) in [6, 6.07) is 14.5. The molecule has 148 valence electrons. The van der Waals surface area contributed by atoms with Crippen molar-refractivity contribution < 1.29 is 14.3 Å². The molecule has 0 radical (unpaired) electrons. The molecule has 2 N–H and O–H groups in total. The van der Waals surface area contributed by atoms with E-state index in [1.165, 1.54) is 6.20 Å². The molecule has 3 rings (SSSR count). The van der Waals surface area contributed by atoms with Gasteiger partial charge in [0.05, 0.1) is 29.6 Å². The van der Waals surface area contributed by atoms with Gasteiger partial charge in [0.15, 0.2) is 0 Å². The summed E-state index contributed by atoms with van der Waals surface area (Å²) in [6.45, 7) is 6.14. The summed E-state index contributed by atoms with van der Waals surface area (Å²) < 4.78 is 4.95. The third-order valence-electron chi connectivity index (χ3n) is 4.16. The van der Waals surface area contributed by atoms with Crippen LogP contribution in [0.3, 0.4) is 0 Å². The molecule has 0 aliphatic carbocycles. The van der Waals surface area contributed by atoms with E-state index in [-0.39, 0.29) is 11.9 Å². The first-order valence-corrected chi connectivity index (χ1v) is 9.33. The van der Waals surface area contributed by atoms with Crippen LogP contribution in [0.25, 0.3) is 0 Å². The van der Waals surface area contributed by atoms with Gasteiger partial charge in [0, 0.05) is 17.6 Å². The summed E-state index contributed by atoms with van der Waals surface area (Å²) in [7, 11) is 0. The van der Waals surface area contributed by atoms with Crippen LogP contribution in [0, 0.1) is 13.8 Å². The fourth-order valence-electron chi connectivity index (χ4n) is 2.95. The third-order valence-corrected chi connectivity index (χ3v) is 4.16. The number of esters is 1. The lowest BCUT2D eigenvalue weighted by molar-refractivity contribution is 0.0526. The van der Waals surface area contributed by atoms with E-state index in [0.29, 0.717) is 23.4 Å². The Balaban J connectivity index is 1.70. The van der Waals surface area contributed by atoms with Gasteiger partial charge in [-0.15, -0.1) is 0 Å². The minimum atomic E-state index is -0.389. The van der Waals surface area contributed by atoms with Crippen LogP contribution in [0.1, 0.15) is 38.8 Å². The molecule has 1 heterocycles. The second kappa shape index (κ2) is 9.01. The van der Waals surface area contributed by atoms with Crippen molar-refractivity contribution in [1.29, 1.82) is 0 Å². The predicted molar refractivity (Wildman–Crippen MR) is 114 cm³/mol. The van der Waals surface area contributed by atoms with Crippen LogP contribution in [-0.4, -0.2) is 23.5 Å². The summed E-state index contributed by atoms with van der Waals surface area (Å²) >= 11 is 0. The Bertz CT molecular complexity index is 1010. The van der Waals surface area contributed by atoms with Crippen molar-refractivity contribution in [1.82, 2.24) is 4.98 Å². The number of nitrogens with zero attached hydrogens (tertiary/aromatic N) is 1. The second-order valence-electron chi connectivity index (χ2n) is 6.72. The van der Waals surface area contributed by atoms with Crippen molar-refractivity contribution in [3.05, 3.63) is 83.2 Å². The van der Waals surface area contributed by atoms with Crippen LogP contribution >= 0.6 is 0 Å². The first-order valence-electron chi connectivity index (χ1n) is 9.33. The number of anilines is 3. The van der Waals surface area contributed by atoms with Gasteiger partial charge in [-0.2, -0.15) is 0 Å². The molecule has 0 unspecified atom stereocenters. The fourth-order valence-corrected chi connectivity index (χ4v) is 2.95. The Morgan fingerprint density at radius 2 is 1.55 bits per heavy atom. The summed E-state index contributed by atoms with van der Waals surface area (Å²) in [6.07, 6.45) is 3.18. The number of carbonyl (C=O) groups excluding carboxylic acids is 2. The zero-order valence-corrected chi connectivity index (χ0v) is 16.7. The Labute approximate surface area is 169 Å². The molecular weight excluding hydrogens is 366 g/mol. The van der Waals surface area contributed by atoms with Gasteiger partial charge in [-0.25, -0.2) is 4.79 Å². The van der Waals surface area contributed by atoms with Gasteiger partial charge in [0.1, 0.15) is 0 Å². The van der Waals surface area contributed by atoms with Crippen molar-refractivity contribution in [2.45, 2.75) is 20.8 Å². The van der Waals surface area contributed by atoms with Crippen LogP contribution in [0.15, 0.2) is 60.9 Å². The molecule has 2 aromatic carbocycles. The minimum Gasteiger partial charge on any atom is -0.462 e. The molecule has 6 heteroatoms. The Morgan fingerprint density at radius 1 is 0.862 bits per heavy atom. The van der Waals surface area contributed by atoms with Crippen LogP contribution in [-0.2, 0) is 4.74 Å². The summed E-state index contributed by atoms with van der Waals surface area (Å²) in [4.78, 5) is 28.4. The SMILES string of the molecule is CCOC(=O)c1ccc(NC(=O)c2cncc(Nc3cc(C)cc(C)c3)c2)cc1. The van der Waals surface area contributed by atoms with Crippen molar-refractivity contribution in [3.8, 4) is 0 Å². The smallest absolute Gasteiger partial charge is 0.338 e. The van der Waals surface area contributed by atoms with Gasteiger partial charge in [0.2, 0.25) is 0 Å². The number of nitrogens with one attached hydrogen (secondary N) is 2. The summed E-state index contributed by atoms with van der Waals surface area (Å²) in [5, 5.41) is 6.09. The summed E-state index contributed by atoms with van der Waals surface area (Å²) in [5.74, 6) is -0.676. The lowest BCUT2D eigenvalue weighted by Gasteiger charge is -2.10. The molecule has 29 heavy (non-hydrogen) atoms. The van der Waals surface area contributed by atoms with Gasteiger partial charge in [-0.05, 0) is 74.4 Å². The van der Waals surface area contributed by atoms with Crippen LogP contribution in [0.5, 0.6) is 0 Å². The number of aryl methyl sites for hydroxylation is 2. The molecule has 0 aliphatic rings. The lowest BCUT2D eigenvalue weighted by atomic mass is 10.1. The fraction of sp³-hybridized carbons (Fsp3) is 0.174. The lowest BCUT2D eigenvalue weighted by Crippen LogP contribution is -2.13. The van der Waals surface area contributed by atoms with E-state index in [9.17, 15) is 9.59 Å². The van der Waals surface area contributed by atoms with E-state index in [1.807, 2.05) is 26.0 Å². The van der Waals surface area contributed by atoms with Gasteiger partial charge >= 0.3 is 5.97 Å². The molecule has 0 fully saturated rings. The Kier molecular flexibility index (Phi) is 6.24. The maximum absolute atomic E-state index is 12.6. The molecule has 0 saturated heterocycles. The van der Waals surface area contributed by atoms with Crippen molar-refractivity contribution >= 4 is 28.9 Å². The average molecular weight is 389 g/mol. The molecule has 0 saturated carbocycles. The molecule has 6 nitrogen and oxygen atoms in total. The molecule has 1 amide bonds. The Morgan fingerprint density at radius 3 is 2.21 bits per heavy atom. The van der Waals surface area contributed by atoms with Gasteiger partial charge in [-0.1, -0.05) is 6.07 Å². The number of carbonyl (C=O) groups is 2. The van der Waals surface area contributed by atoms with Crippen LogP contribution in [0.4, 0.5) is 17.1 Å². The molecule has 3 aromatic rings. The zero-order valence-electron chi connectivity index (χ0n) is 16.7. The molecule has 0 spiro atoms. The van der Waals surface area contributed by atoms with Crippen LogP contribution < -0.4 is 10.6 Å². The topological polar surface area (TPSA) is 80.3 Å². The van der Waals surface area contributed by atoms with E-state index < -0.39 is 0 Å². The number of benzene rings is 2.